The van der Waals surface area contributed by atoms with Crippen LogP contribution in [0.3, 0.4) is 0 Å². The van der Waals surface area contributed by atoms with Crippen molar-refractivity contribution in [1.82, 2.24) is 4.89 Å². The lowest BCUT2D eigenvalue weighted by Gasteiger charge is -1.97. The Morgan fingerprint density at radius 2 is 2.25 bits per heavy atom. The molecule has 12 heavy (non-hydrogen) atoms. The maximum Gasteiger partial charge on any atom is 0.278 e. The second-order valence-electron chi connectivity index (χ2n) is 1.66. The summed E-state index contributed by atoms with van der Waals surface area (Å²) in [5, 5.41) is 7.51. The molecule has 4 N–H and O–H groups in total. The normalized spacial score (nSPS) is 13.6. The van der Waals surface area contributed by atoms with E-state index in [1.165, 1.54) is 12.3 Å². The van der Waals surface area contributed by atoms with E-state index in [2.05, 4.69) is 11.6 Å². The molecule has 0 amide bonds. The molecule has 68 valence electrons. The molecular weight excluding hydrogens is 182 g/mol. The van der Waals surface area contributed by atoms with Crippen LogP contribution in [0.4, 0.5) is 0 Å². The molecule has 0 fully saturated rings. The Balaban J connectivity index is 4.59. The van der Waals surface area contributed by atoms with E-state index in [1.54, 1.807) is 0 Å². The van der Waals surface area contributed by atoms with Gasteiger partial charge in [-0.3, -0.25) is 4.99 Å². The number of allylic oxidation sites excluding steroid dienone is 1. The number of nitrogens with two attached hydrogens (primary N) is 1. The Hall–Kier alpha value is -1.18. The van der Waals surface area contributed by atoms with Crippen LogP contribution in [0.15, 0.2) is 28.9 Å². The number of aliphatic imine (C=N–C) groups is 1. The highest BCUT2D eigenvalue weighted by Gasteiger charge is 2.10. The molecule has 0 aliphatic rings. The van der Waals surface area contributed by atoms with Crippen LogP contribution in [0.2, 0.25) is 0 Å². The maximum absolute atomic E-state index is 10.6. The van der Waals surface area contributed by atoms with E-state index in [-0.39, 0.29) is 0 Å². The summed E-state index contributed by atoms with van der Waals surface area (Å²) in [7, 11) is -3.98. The van der Waals surface area contributed by atoms with Gasteiger partial charge >= 0.3 is 0 Å². The first-order chi connectivity index (χ1) is 5.54. The molecule has 0 saturated heterocycles. The third kappa shape index (κ3) is 3.28. The average Bonchev–Trinajstić information content (AvgIpc) is 2.05. The van der Waals surface area contributed by atoms with E-state index >= 15 is 0 Å². The van der Waals surface area contributed by atoms with Crippen molar-refractivity contribution in [3.63, 3.8) is 0 Å². The highest BCUT2D eigenvalue weighted by atomic mass is 32.2. The molecule has 0 heterocycles. The largest absolute Gasteiger partial charge is 0.387 e. The fraction of sp³-hybridized carbons (Fsp3) is 0. The first kappa shape index (κ1) is 10.8. The summed E-state index contributed by atoms with van der Waals surface area (Å²) in [5.41, 5.74) is 5.01. The number of rotatable bonds is 4. The van der Waals surface area contributed by atoms with Gasteiger partial charge < -0.3 is 10.9 Å². The summed E-state index contributed by atoms with van der Waals surface area (Å²) >= 11 is 0. The number of hydrogen-bond donors (Lipinski definition) is 3. The van der Waals surface area contributed by atoms with Gasteiger partial charge in [0.1, 0.15) is 0 Å². The van der Waals surface area contributed by atoms with Crippen LogP contribution in [-0.2, 0) is 10.0 Å². The maximum atomic E-state index is 10.6. The van der Waals surface area contributed by atoms with Crippen LogP contribution in [0, 0.1) is 0 Å². The van der Waals surface area contributed by atoms with Crippen molar-refractivity contribution in [3.05, 3.63) is 23.9 Å². The molecule has 6 nitrogen and oxygen atoms in total. The average molecular weight is 191 g/mol. The summed E-state index contributed by atoms with van der Waals surface area (Å²) in [5.74, 6) is 0. The molecule has 0 rings (SSSR count). The fourth-order valence-electron chi connectivity index (χ4n) is 0.299. The van der Waals surface area contributed by atoms with E-state index in [4.69, 9.17) is 10.9 Å². The zero-order chi connectivity index (χ0) is 9.61. The number of nitrogens with one attached hydrogen (secondary N) is 1. The Bertz CT molecular complexity index is 304. The van der Waals surface area contributed by atoms with Gasteiger partial charge in [0, 0.05) is 6.21 Å². The zero-order valence-corrected chi connectivity index (χ0v) is 6.95. The highest BCUT2D eigenvalue weighted by molar-refractivity contribution is 7.93. The second kappa shape index (κ2) is 4.65. The summed E-state index contributed by atoms with van der Waals surface area (Å²) in [4.78, 5) is 4.49. The topological polar surface area (TPSA) is 105 Å². The molecule has 0 aliphatic carbocycles. The van der Waals surface area contributed by atoms with Crippen molar-refractivity contribution in [2.24, 2.45) is 10.7 Å². The van der Waals surface area contributed by atoms with Gasteiger partial charge in [0.2, 0.25) is 0 Å². The predicted molar refractivity (Wildman–Crippen MR) is 44.8 cm³/mol. The molecule has 0 aliphatic heterocycles. The molecule has 7 heteroatoms. The Morgan fingerprint density at radius 1 is 1.67 bits per heavy atom. The number of sulfonamides is 1. The molecule has 0 aromatic carbocycles. The predicted octanol–water partition coefficient (Wildman–Crippen LogP) is -0.691. The Kier molecular flexibility index (Phi) is 4.19. The molecule has 0 aromatic rings. The van der Waals surface area contributed by atoms with E-state index in [9.17, 15) is 8.42 Å². The quantitative estimate of drug-likeness (QED) is 0.404. The molecular formula is C5H9N3O3S. The lowest BCUT2D eigenvalue weighted by Crippen LogP contribution is -2.25. The van der Waals surface area contributed by atoms with Crippen LogP contribution in [0.25, 0.3) is 0 Å². The lowest BCUT2D eigenvalue weighted by atomic mass is 10.7. The molecule has 0 bridgehead atoms. The molecule has 0 unspecified atom stereocenters. The van der Waals surface area contributed by atoms with Crippen LogP contribution in [0.1, 0.15) is 0 Å². The summed E-state index contributed by atoms with van der Waals surface area (Å²) in [6.45, 7) is 3.31. The molecule has 0 radical (unpaired) electrons. The molecule has 0 aromatic heterocycles. The third-order valence-electron chi connectivity index (χ3n) is 0.824. The Labute approximate surface area is 70.1 Å². The molecule has 0 spiro atoms. The van der Waals surface area contributed by atoms with Crippen molar-refractivity contribution in [2.45, 2.75) is 0 Å². The van der Waals surface area contributed by atoms with Gasteiger partial charge in [-0.05, 0) is 0 Å². The fourth-order valence-corrected chi connectivity index (χ4v) is 0.604. The summed E-state index contributed by atoms with van der Waals surface area (Å²) in [6.07, 6.45) is 3.47. The van der Waals surface area contributed by atoms with Crippen molar-refractivity contribution in [1.29, 1.82) is 0 Å². The Morgan fingerprint density at radius 3 is 2.67 bits per heavy atom. The van der Waals surface area contributed by atoms with E-state index < -0.39 is 15.1 Å². The van der Waals surface area contributed by atoms with Gasteiger partial charge in [0.25, 0.3) is 10.0 Å². The van der Waals surface area contributed by atoms with Crippen molar-refractivity contribution in [2.75, 3.05) is 0 Å². The molecule has 0 saturated carbocycles. The first-order valence-corrected chi connectivity index (χ1v) is 4.28. The standard InChI is InChI=1S/C5H9N3O3S/c1-2-3-7-4-5(6)12(10,11)8-9/h2-4,8-9H,1,6H2/b5-4+,7-3?. The first-order valence-electron chi connectivity index (χ1n) is 2.80. The van der Waals surface area contributed by atoms with Crippen molar-refractivity contribution in [3.8, 4) is 0 Å². The minimum Gasteiger partial charge on any atom is -0.387 e. The zero-order valence-electron chi connectivity index (χ0n) is 6.14. The van der Waals surface area contributed by atoms with Crippen LogP contribution < -0.4 is 10.6 Å². The van der Waals surface area contributed by atoms with Crippen LogP contribution in [-0.4, -0.2) is 19.8 Å². The van der Waals surface area contributed by atoms with Gasteiger partial charge in [-0.1, -0.05) is 17.5 Å². The molecule has 0 atom stereocenters. The third-order valence-corrected chi connectivity index (χ3v) is 1.79. The van der Waals surface area contributed by atoms with Gasteiger partial charge in [-0.2, -0.15) is 0 Å². The lowest BCUT2D eigenvalue weighted by molar-refractivity contribution is 0.244. The van der Waals surface area contributed by atoms with Crippen LogP contribution in [0.5, 0.6) is 0 Å². The summed E-state index contributed by atoms with van der Waals surface area (Å²) < 4.78 is 21.3. The second-order valence-corrected chi connectivity index (χ2v) is 3.32. The van der Waals surface area contributed by atoms with E-state index in [0.717, 1.165) is 11.1 Å². The smallest absolute Gasteiger partial charge is 0.278 e. The number of hydrogen-bond acceptors (Lipinski definition) is 5. The van der Waals surface area contributed by atoms with E-state index in [0.29, 0.717) is 0 Å². The van der Waals surface area contributed by atoms with Crippen molar-refractivity contribution >= 4 is 16.2 Å². The minimum atomic E-state index is -3.98. The minimum absolute atomic E-state index is 0.580. The van der Waals surface area contributed by atoms with Gasteiger partial charge in [-0.25, -0.2) is 8.42 Å². The number of nitrogens with zero attached hydrogens (tertiary/aromatic N) is 1. The highest BCUT2D eigenvalue weighted by Crippen LogP contribution is 1.93. The van der Waals surface area contributed by atoms with Gasteiger partial charge in [0.15, 0.2) is 5.03 Å². The van der Waals surface area contributed by atoms with Gasteiger partial charge in [0.05, 0.1) is 6.20 Å². The van der Waals surface area contributed by atoms with Gasteiger partial charge in [-0.15, -0.1) is 0 Å². The van der Waals surface area contributed by atoms with Crippen LogP contribution >= 0.6 is 0 Å². The summed E-state index contributed by atoms with van der Waals surface area (Å²) in [6, 6.07) is 0. The monoisotopic (exact) mass is 191 g/mol. The SMILES string of the molecule is C=CC=N/C=C(\N)S(=O)(=O)NO. The van der Waals surface area contributed by atoms with E-state index in [1.807, 2.05) is 0 Å². The van der Waals surface area contributed by atoms with Crippen molar-refractivity contribution < 1.29 is 13.6 Å².